The molecule has 0 aliphatic carbocycles. The number of nitrogens with zero attached hydrogens (tertiary/aromatic N) is 3. The third-order valence-corrected chi connectivity index (χ3v) is 5.12. The Labute approximate surface area is 156 Å². The summed E-state index contributed by atoms with van der Waals surface area (Å²) in [6.07, 6.45) is 2.62. The molecule has 7 heteroatoms. The van der Waals surface area contributed by atoms with Gasteiger partial charge in [-0.1, -0.05) is 28.9 Å². The number of hydrogen-bond donors (Lipinski definition) is 1. The molecule has 130 valence electrons. The van der Waals surface area contributed by atoms with Crippen LogP contribution in [0.1, 0.15) is 29.4 Å². The van der Waals surface area contributed by atoms with Crippen LogP contribution in [0.2, 0.25) is 0 Å². The van der Waals surface area contributed by atoms with Crippen LogP contribution in [-0.2, 0) is 0 Å². The summed E-state index contributed by atoms with van der Waals surface area (Å²) in [6.45, 7) is 6.14. The first-order valence-electron chi connectivity index (χ1n) is 7.73. The molecule has 1 aliphatic heterocycles. The topological polar surface area (TPSA) is 64.2 Å². The first kappa shape index (κ1) is 19.0. The predicted molar refractivity (Wildman–Crippen MR) is 101 cm³/mol. The third-order valence-electron chi connectivity index (χ3n) is 4.63. The van der Waals surface area contributed by atoms with E-state index in [1.165, 1.54) is 0 Å². The number of benzene rings is 1. The van der Waals surface area contributed by atoms with Crippen molar-refractivity contribution in [2.45, 2.75) is 20.3 Å². The molecule has 0 spiro atoms. The van der Waals surface area contributed by atoms with Crippen LogP contribution in [-0.4, -0.2) is 40.2 Å². The predicted octanol–water partition coefficient (Wildman–Crippen LogP) is 3.18. The number of nitrogens with two attached hydrogens (primary N) is 1. The zero-order valence-corrected chi connectivity index (χ0v) is 16.2. The van der Waals surface area contributed by atoms with Crippen LogP contribution in [0.4, 0.5) is 0 Å². The van der Waals surface area contributed by atoms with Gasteiger partial charge in [0, 0.05) is 17.6 Å². The van der Waals surface area contributed by atoms with Crippen molar-refractivity contribution in [3.8, 4) is 5.69 Å². The lowest BCUT2D eigenvalue weighted by Crippen LogP contribution is -2.34. The van der Waals surface area contributed by atoms with Crippen LogP contribution in [0.25, 0.3) is 5.69 Å². The maximum atomic E-state index is 12.8. The molecule has 1 unspecified atom stereocenters. The maximum Gasteiger partial charge on any atom is 0.257 e. The number of carbonyl (C=O) groups is 1. The number of halogens is 2. The van der Waals surface area contributed by atoms with E-state index in [0.717, 1.165) is 28.8 Å². The molecule has 0 saturated carbocycles. The molecule has 2 heterocycles. The van der Waals surface area contributed by atoms with Gasteiger partial charge in [0.2, 0.25) is 0 Å². The molecular weight excluding hydrogens is 392 g/mol. The number of rotatable bonds is 3. The number of likely N-dealkylation sites (tertiary alicyclic amines) is 1. The lowest BCUT2D eigenvalue weighted by Gasteiger charge is -2.22. The van der Waals surface area contributed by atoms with Gasteiger partial charge in [-0.3, -0.25) is 4.79 Å². The summed E-state index contributed by atoms with van der Waals surface area (Å²) in [4.78, 5) is 14.7. The summed E-state index contributed by atoms with van der Waals surface area (Å²) in [5, 5.41) is 4.40. The van der Waals surface area contributed by atoms with E-state index in [1.807, 2.05) is 36.1 Å². The minimum atomic E-state index is 0. The first-order chi connectivity index (χ1) is 10.9. The van der Waals surface area contributed by atoms with Gasteiger partial charge in [-0.05, 0) is 43.5 Å². The standard InChI is InChI=1S/C17H21BrN4O.ClH/c1-12-15(16(23)21-7-6-17(2,10-19)11-21)9-20-22(12)14-5-3-4-13(18)8-14;/h3-5,8-9H,6-7,10-11,19H2,1-2H3;1H. The van der Waals surface area contributed by atoms with Crippen LogP contribution >= 0.6 is 28.3 Å². The van der Waals surface area contributed by atoms with E-state index in [4.69, 9.17) is 5.73 Å². The van der Waals surface area contributed by atoms with Crippen molar-refractivity contribution in [2.24, 2.45) is 11.1 Å². The lowest BCUT2D eigenvalue weighted by molar-refractivity contribution is 0.0776. The van der Waals surface area contributed by atoms with E-state index in [9.17, 15) is 4.79 Å². The van der Waals surface area contributed by atoms with Gasteiger partial charge in [-0.2, -0.15) is 5.10 Å². The summed E-state index contributed by atoms with van der Waals surface area (Å²) >= 11 is 3.47. The molecule has 1 atom stereocenters. The molecule has 1 amide bonds. The average Bonchev–Trinajstić information content (AvgIpc) is 3.11. The summed E-state index contributed by atoms with van der Waals surface area (Å²) in [5.74, 6) is 0.0425. The summed E-state index contributed by atoms with van der Waals surface area (Å²) in [7, 11) is 0. The largest absolute Gasteiger partial charge is 0.338 e. The van der Waals surface area contributed by atoms with Gasteiger partial charge in [0.25, 0.3) is 5.91 Å². The average molecular weight is 414 g/mol. The molecule has 1 aromatic heterocycles. The van der Waals surface area contributed by atoms with E-state index >= 15 is 0 Å². The molecule has 1 aliphatic rings. The van der Waals surface area contributed by atoms with Crippen LogP contribution in [0.5, 0.6) is 0 Å². The molecule has 2 aromatic rings. The quantitative estimate of drug-likeness (QED) is 0.840. The van der Waals surface area contributed by atoms with Crippen molar-refractivity contribution in [2.75, 3.05) is 19.6 Å². The second-order valence-electron chi connectivity index (χ2n) is 6.53. The van der Waals surface area contributed by atoms with Crippen LogP contribution in [0.3, 0.4) is 0 Å². The highest BCUT2D eigenvalue weighted by atomic mass is 79.9. The summed E-state index contributed by atoms with van der Waals surface area (Å²) < 4.78 is 2.78. The number of amides is 1. The van der Waals surface area contributed by atoms with Gasteiger partial charge in [-0.25, -0.2) is 4.68 Å². The van der Waals surface area contributed by atoms with Gasteiger partial charge in [0.15, 0.2) is 0 Å². The van der Waals surface area contributed by atoms with Crippen LogP contribution in [0, 0.1) is 12.3 Å². The van der Waals surface area contributed by atoms with E-state index in [1.54, 1.807) is 10.9 Å². The molecule has 0 bridgehead atoms. The van der Waals surface area contributed by atoms with Crippen molar-refractivity contribution in [3.05, 3.63) is 46.2 Å². The minimum Gasteiger partial charge on any atom is -0.338 e. The molecule has 24 heavy (non-hydrogen) atoms. The smallest absolute Gasteiger partial charge is 0.257 e. The second kappa shape index (κ2) is 7.25. The van der Waals surface area contributed by atoms with Gasteiger partial charge in [0.05, 0.1) is 23.1 Å². The summed E-state index contributed by atoms with van der Waals surface area (Å²) in [6, 6.07) is 7.87. The van der Waals surface area contributed by atoms with Gasteiger partial charge in [-0.15, -0.1) is 12.4 Å². The van der Waals surface area contributed by atoms with Crippen molar-refractivity contribution < 1.29 is 4.79 Å². The molecule has 2 N–H and O–H groups in total. The van der Waals surface area contributed by atoms with Crippen molar-refractivity contribution in [3.63, 3.8) is 0 Å². The van der Waals surface area contributed by atoms with Gasteiger partial charge >= 0.3 is 0 Å². The number of aromatic nitrogens is 2. The summed E-state index contributed by atoms with van der Waals surface area (Å²) in [5.41, 5.74) is 8.31. The molecule has 5 nitrogen and oxygen atoms in total. The highest BCUT2D eigenvalue weighted by Gasteiger charge is 2.36. The molecule has 3 rings (SSSR count). The third kappa shape index (κ3) is 3.50. The second-order valence-corrected chi connectivity index (χ2v) is 7.44. The Morgan fingerprint density at radius 1 is 1.46 bits per heavy atom. The fraction of sp³-hybridized carbons (Fsp3) is 0.412. The van der Waals surface area contributed by atoms with E-state index in [-0.39, 0.29) is 23.7 Å². The number of carbonyl (C=O) groups excluding carboxylic acids is 1. The molecule has 1 saturated heterocycles. The fourth-order valence-electron chi connectivity index (χ4n) is 3.02. The monoisotopic (exact) mass is 412 g/mol. The Bertz CT molecular complexity index is 748. The maximum absolute atomic E-state index is 12.8. The zero-order chi connectivity index (χ0) is 16.6. The van der Waals surface area contributed by atoms with Gasteiger partial charge in [0.1, 0.15) is 0 Å². The molecule has 0 radical (unpaired) electrons. The molecule has 1 fully saturated rings. The van der Waals surface area contributed by atoms with Gasteiger partial charge < -0.3 is 10.6 Å². The SMILES string of the molecule is Cc1c(C(=O)N2CCC(C)(CN)C2)cnn1-c1cccc(Br)c1.Cl. The Hall–Kier alpha value is -1.37. The van der Waals surface area contributed by atoms with E-state index < -0.39 is 0 Å². The van der Waals surface area contributed by atoms with Crippen LogP contribution < -0.4 is 5.73 Å². The normalized spacial score (nSPS) is 20.1. The van der Waals surface area contributed by atoms with E-state index in [0.29, 0.717) is 18.7 Å². The van der Waals surface area contributed by atoms with Crippen molar-refractivity contribution >= 4 is 34.2 Å². The van der Waals surface area contributed by atoms with Crippen LogP contribution in [0.15, 0.2) is 34.9 Å². The zero-order valence-electron chi connectivity index (χ0n) is 13.8. The fourth-order valence-corrected chi connectivity index (χ4v) is 3.41. The Morgan fingerprint density at radius 2 is 2.21 bits per heavy atom. The molecular formula is C17H22BrClN4O. The molecule has 1 aromatic carbocycles. The lowest BCUT2D eigenvalue weighted by atomic mass is 9.90. The highest BCUT2D eigenvalue weighted by Crippen LogP contribution is 2.30. The Morgan fingerprint density at radius 3 is 2.83 bits per heavy atom. The van der Waals surface area contributed by atoms with Crippen molar-refractivity contribution in [1.82, 2.24) is 14.7 Å². The van der Waals surface area contributed by atoms with Crippen molar-refractivity contribution in [1.29, 1.82) is 0 Å². The minimum absolute atomic E-state index is 0. The Balaban J connectivity index is 0.00000208. The first-order valence-corrected chi connectivity index (χ1v) is 8.53. The number of hydrogen-bond acceptors (Lipinski definition) is 3. The van der Waals surface area contributed by atoms with E-state index in [2.05, 4.69) is 28.0 Å². The Kier molecular flexibility index (Phi) is 5.73. The highest BCUT2D eigenvalue weighted by molar-refractivity contribution is 9.10.